The Morgan fingerprint density at radius 3 is 3.27 bits per heavy atom. The maximum Gasteiger partial charge on any atom is 0.142 e. The number of nitriles is 1. The van der Waals surface area contributed by atoms with Gasteiger partial charge in [-0.2, -0.15) is 5.26 Å². The average Bonchev–Trinajstić information content (AvgIpc) is 2.77. The quantitative estimate of drug-likeness (QED) is 0.773. The second-order valence-corrected chi connectivity index (χ2v) is 3.74. The Balaban J connectivity index is 2.25. The molecule has 1 unspecified atom stereocenters. The van der Waals surface area contributed by atoms with Crippen LogP contribution in [0, 0.1) is 11.3 Å². The first-order valence-electron chi connectivity index (χ1n) is 5.18. The number of hydrogen-bond acceptors (Lipinski definition) is 4. The van der Waals surface area contributed by atoms with E-state index in [-0.39, 0.29) is 0 Å². The van der Waals surface area contributed by atoms with Crippen molar-refractivity contribution >= 4 is 5.69 Å². The van der Waals surface area contributed by atoms with Crippen LogP contribution in [0.3, 0.4) is 0 Å². The Morgan fingerprint density at radius 1 is 1.67 bits per heavy atom. The summed E-state index contributed by atoms with van der Waals surface area (Å²) in [6, 6.07) is 6.24. The summed E-state index contributed by atoms with van der Waals surface area (Å²) in [6.07, 6.45) is 3.99. The second-order valence-electron chi connectivity index (χ2n) is 3.74. The first-order valence-corrected chi connectivity index (χ1v) is 5.18. The lowest BCUT2D eigenvalue weighted by molar-refractivity contribution is 0.677. The maximum absolute atomic E-state index is 8.77. The standard InChI is InChI=1S/C11H14N4/c12-7-9-6-10(3-4-14-9)15-5-1-2-11(15)8-13/h3-4,6,11H,1-2,5,8,13H2. The molecule has 1 aromatic heterocycles. The number of hydrogen-bond donors (Lipinski definition) is 1. The Kier molecular flexibility index (Phi) is 2.84. The normalized spacial score (nSPS) is 20.3. The molecule has 0 bridgehead atoms. The summed E-state index contributed by atoms with van der Waals surface area (Å²) >= 11 is 0. The van der Waals surface area contributed by atoms with E-state index in [0.29, 0.717) is 18.3 Å². The fraction of sp³-hybridized carbons (Fsp3) is 0.455. The third-order valence-corrected chi connectivity index (χ3v) is 2.84. The van der Waals surface area contributed by atoms with E-state index < -0.39 is 0 Å². The van der Waals surface area contributed by atoms with Gasteiger partial charge in [-0.15, -0.1) is 0 Å². The molecule has 0 radical (unpaired) electrons. The molecule has 0 amide bonds. The highest BCUT2D eigenvalue weighted by molar-refractivity contribution is 5.50. The zero-order valence-electron chi connectivity index (χ0n) is 8.56. The molecule has 15 heavy (non-hydrogen) atoms. The third-order valence-electron chi connectivity index (χ3n) is 2.84. The van der Waals surface area contributed by atoms with Crippen LogP contribution < -0.4 is 10.6 Å². The van der Waals surface area contributed by atoms with Crippen LogP contribution in [0.15, 0.2) is 18.3 Å². The second kappa shape index (κ2) is 4.28. The van der Waals surface area contributed by atoms with Gasteiger partial charge in [0.05, 0.1) is 0 Å². The molecule has 4 heteroatoms. The highest BCUT2D eigenvalue weighted by Crippen LogP contribution is 2.24. The minimum atomic E-state index is 0.416. The summed E-state index contributed by atoms with van der Waals surface area (Å²) < 4.78 is 0. The van der Waals surface area contributed by atoms with Gasteiger partial charge in [-0.25, -0.2) is 4.98 Å². The Hall–Kier alpha value is -1.60. The van der Waals surface area contributed by atoms with Crippen LogP contribution in [0.4, 0.5) is 5.69 Å². The van der Waals surface area contributed by atoms with Crippen LogP contribution in [-0.2, 0) is 0 Å². The molecule has 78 valence electrons. The van der Waals surface area contributed by atoms with E-state index in [2.05, 4.69) is 16.0 Å². The number of aromatic nitrogens is 1. The molecule has 0 saturated carbocycles. The summed E-state index contributed by atoms with van der Waals surface area (Å²) in [5.41, 5.74) is 7.24. The fourth-order valence-electron chi connectivity index (χ4n) is 2.08. The molecule has 0 aliphatic carbocycles. The Labute approximate surface area is 89.3 Å². The van der Waals surface area contributed by atoms with E-state index in [1.807, 2.05) is 12.1 Å². The van der Waals surface area contributed by atoms with Crippen LogP contribution in [0.25, 0.3) is 0 Å². The van der Waals surface area contributed by atoms with E-state index in [0.717, 1.165) is 18.7 Å². The maximum atomic E-state index is 8.77. The lowest BCUT2D eigenvalue weighted by Gasteiger charge is -2.25. The van der Waals surface area contributed by atoms with Gasteiger partial charge in [-0.1, -0.05) is 0 Å². The molecule has 0 spiro atoms. The monoisotopic (exact) mass is 202 g/mol. The van der Waals surface area contributed by atoms with Crippen molar-refractivity contribution in [3.05, 3.63) is 24.0 Å². The van der Waals surface area contributed by atoms with Crippen molar-refractivity contribution < 1.29 is 0 Å². The van der Waals surface area contributed by atoms with Gasteiger partial charge in [0.25, 0.3) is 0 Å². The highest BCUT2D eigenvalue weighted by Gasteiger charge is 2.23. The third kappa shape index (κ3) is 1.92. The summed E-state index contributed by atoms with van der Waals surface area (Å²) in [6.45, 7) is 1.70. The summed E-state index contributed by atoms with van der Waals surface area (Å²) in [7, 11) is 0. The van der Waals surface area contributed by atoms with E-state index in [9.17, 15) is 0 Å². The molecule has 1 atom stereocenters. The molecule has 0 aromatic carbocycles. The predicted octanol–water partition coefficient (Wildman–Crippen LogP) is 0.881. The largest absolute Gasteiger partial charge is 0.367 e. The van der Waals surface area contributed by atoms with Gasteiger partial charge in [0.1, 0.15) is 11.8 Å². The molecule has 2 heterocycles. The lowest BCUT2D eigenvalue weighted by atomic mass is 10.2. The SMILES string of the molecule is N#Cc1cc(N2CCCC2CN)ccn1. The van der Waals surface area contributed by atoms with E-state index >= 15 is 0 Å². The van der Waals surface area contributed by atoms with E-state index in [4.69, 9.17) is 11.0 Å². The predicted molar refractivity (Wildman–Crippen MR) is 58.4 cm³/mol. The Bertz CT molecular complexity index is 382. The van der Waals surface area contributed by atoms with Gasteiger partial charge in [-0.3, -0.25) is 0 Å². The molecular weight excluding hydrogens is 188 g/mol. The molecule has 1 aromatic rings. The van der Waals surface area contributed by atoms with E-state index in [1.165, 1.54) is 6.42 Å². The molecule has 1 saturated heterocycles. The van der Waals surface area contributed by atoms with Crippen molar-refractivity contribution in [2.75, 3.05) is 18.0 Å². The van der Waals surface area contributed by atoms with Crippen molar-refractivity contribution in [2.24, 2.45) is 5.73 Å². The molecule has 1 fully saturated rings. The minimum absolute atomic E-state index is 0.416. The van der Waals surface area contributed by atoms with Crippen LogP contribution in [0.2, 0.25) is 0 Å². The van der Waals surface area contributed by atoms with Crippen molar-refractivity contribution in [2.45, 2.75) is 18.9 Å². The molecule has 2 rings (SSSR count). The van der Waals surface area contributed by atoms with Crippen LogP contribution in [0.1, 0.15) is 18.5 Å². The number of rotatable bonds is 2. The van der Waals surface area contributed by atoms with E-state index in [1.54, 1.807) is 6.20 Å². The van der Waals surface area contributed by atoms with Gasteiger partial charge in [0, 0.05) is 31.0 Å². The Morgan fingerprint density at radius 2 is 2.53 bits per heavy atom. The first kappa shape index (κ1) is 9.94. The van der Waals surface area contributed by atoms with Gasteiger partial charge in [-0.05, 0) is 25.0 Å². The first-order chi connectivity index (χ1) is 7.35. The molecule has 4 nitrogen and oxygen atoms in total. The summed E-state index contributed by atoms with van der Waals surface area (Å²) in [4.78, 5) is 6.23. The highest BCUT2D eigenvalue weighted by atomic mass is 15.2. The molecule has 1 aliphatic heterocycles. The molecule has 1 aliphatic rings. The summed E-state index contributed by atoms with van der Waals surface area (Å²) in [5, 5.41) is 8.77. The van der Waals surface area contributed by atoms with Crippen molar-refractivity contribution in [3.8, 4) is 6.07 Å². The average molecular weight is 202 g/mol. The van der Waals surface area contributed by atoms with Crippen LogP contribution >= 0.6 is 0 Å². The zero-order valence-corrected chi connectivity index (χ0v) is 8.56. The molecular formula is C11H14N4. The van der Waals surface area contributed by atoms with Gasteiger partial charge >= 0.3 is 0 Å². The van der Waals surface area contributed by atoms with Gasteiger partial charge in [0.2, 0.25) is 0 Å². The van der Waals surface area contributed by atoms with Crippen LogP contribution in [-0.4, -0.2) is 24.1 Å². The van der Waals surface area contributed by atoms with Gasteiger partial charge in [0.15, 0.2) is 0 Å². The fourth-order valence-corrected chi connectivity index (χ4v) is 2.08. The number of nitrogens with zero attached hydrogens (tertiary/aromatic N) is 3. The van der Waals surface area contributed by atoms with Crippen LogP contribution in [0.5, 0.6) is 0 Å². The molecule has 2 N–H and O–H groups in total. The smallest absolute Gasteiger partial charge is 0.142 e. The van der Waals surface area contributed by atoms with Crippen molar-refractivity contribution in [3.63, 3.8) is 0 Å². The van der Waals surface area contributed by atoms with Gasteiger partial charge < -0.3 is 10.6 Å². The summed E-state index contributed by atoms with van der Waals surface area (Å²) in [5.74, 6) is 0. The van der Waals surface area contributed by atoms with Crippen molar-refractivity contribution in [1.82, 2.24) is 4.98 Å². The topological polar surface area (TPSA) is 65.9 Å². The van der Waals surface area contributed by atoms with Crippen molar-refractivity contribution in [1.29, 1.82) is 5.26 Å². The number of anilines is 1. The minimum Gasteiger partial charge on any atom is -0.367 e. The zero-order chi connectivity index (χ0) is 10.7. The lowest BCUT2D eigenvalue weighted by Crippen LogP contribution is -2.35. The number of nitrogens with two attached hydrogens (primary N) is 1. The number of pyridine rings is 1.